The van der Waals surface area contributed by atoms with Crippen LogP contribution in [0.2, 0.25) is 0 Å². The number of aromatic nitrogens is 1. The maximum Gasteiger partial charge on any atom is 0.274 e. The maximum atomic E-state index is 12.7. The summed E-state index contributed by atoms with van der Waals surface area (Å²) in [4.78, 5) is 17.7. The molecule has 0 unspecified atom stereocenters. The predicted molar refractivity (Wildman–Crippen MR) is 99.9 cm³/mol. The van der Waals surface area contributed by atoms with Gasteiger partial charge in [0.2, 0.25) is 0 Å². The summed E-state index contributed by atoms with van der Waals surface area (Å²) < 4.78 is 11.5. The maximum absolute atomic E-state index is 12.7. The van der Waals surface area contributed by atoms with E-state index >= 15 is 0 Å². The zero-order chi connectivity index (χ0) is 17.8. The number of benzene rings is 1. The Morgan fingerprint density at radius 2 is 2.12 bits per heavy atom. The van der Waals surface area contributed by atoms with E-state index in [0.29, 0.717) is 18.1 Å². The van der Waals surface area contributed by atoms with E-state index in [1.807, 2.05) is 47.8 Å². The second-order valence-electron chi connectivity index (χ2n) is 6.35. The van der Waals surface area contributed by atoms with Crippen LogP contribution in [0.25, 0.3) is 10.6 Å². The molecule has 0 radical (unpaired) electrons. The molecule has 1 aliphatic rings. The summed E-state index contributed by atoms with van der Waals surface area (Å²) >= 11 is 1.52. The Kier molecular flexibility index (Phi) is 5.13. The second kappa shape index (κ2) is 7.85. The third-order valence-electron chi connectivity index (χ3n) is 4.60. The van der Waals surface area contributed by atoms with Gasteiger partial charge in [-0.15, -0.1) is 11.3 Å². The molecule has 0 aliphatic heterocycles. The predicted octanol–water partition coefficient (Wildman–Crippen LogP) is 4.27. The molecule has 2 heterocycles. The van der Waals surface area contributed by atoms with Crippen LogP contribution < -0.4 is 5.32 Å². The van der Waals surface area contributed by atoms with E-state index in [4.69, 9.17) is 9.15 Å². The summed E-state index contributed by atoms with van der Waals surface area (Å²) in [6.07, 6.45) is 4.26. The van der Waals surface area contributed by atoms with E-state index < -0.39 is 0 Å². The van der Waals surface area contributed by atoms with Gasteiger partial charge >= 0.3 is 0 Å². The van der Waals surface area contributed by atoms with Crippen molar-refractivity contribution in [2.45, 2.75) is 38.0 Å². The fourth-order valence-electron chi connectivity index (χ4n) is 3.30. The van der Waals surface area contributed by atoms with Gasteiger partial charge in [-0.2, -0.15) is 0 Å². The fraction of sp³-hybridized carbons (Fsp3) is 0.300. The SMILES string of the molecule is O=C(N[C@@H]1CCC[C@H]1OCc1ccccc1)c1ncoc1-c1cccs1. The van der Waals surface area contributed by atoms with Crippen LogP contribution in [0.4, 0.5) is 0 Å². The molecule has 1 N–H and O–H groups in total. The van der Waals surface area contributed by atoms with E-state index in [9.17, 15) is 4.79 Å². The van der Waals surface area contributed by atoms with Crippen molar-refractivity contribution in [3.8, 4) is 10.6 Å². The molecule has 0 spiro atoms. The van der Waals surface area contributed by atoms with Crippen molar-refractivity contribution in [2.75, 3.05) is 0 Å². The number of rotatable bonds is 6. The number of oxazole rings is 1. The Balaban J connectivity index is 1.40. The molecule has 0 saturated heterocycles. The van der Waals surface area contributed by atoms with Crippen LogP contribution in [0.1, 0.15) is 35.3 Å². The van der Waals surface area contributed by atoms with Gasteiger partial charge in [-0.1, -0.05) is 36.4 Å². The molecule has 0 bridgehead atoms. The molecule has 2 aromatic heterocycles. The lowest BCUT2D eigenvalue weighted by atomic mass is 10.2. The highest BCUT2D eigenvalue weighted by atomic mass is 32.1. The molecule has 1 amide bonds. The average Bonchev–Trinajstić information content (AvgIpc) is 3.41. The van der Waals surface area contributed by atoms with Gasteiger partial charge < -0.3 is 14.5 Å². The first kappa shape index (κ1) is 17.0. The first-order chi connectivity index (χ1) is 12.8. The zero-order valence-electron chi connectivity index (χ0n) is 14.3. The minimum absolute atomic E-state index is 0.000835. The summed E-state index contributed by atoms with van der Waals surface area (Å²) in [6.45, 7) is 0.558. The molecular weight excluding hydrogens is 348 g/mol. The molecule has 6 heteroatoms. The normalized spacial score (nSPS) is 19.5. The van der Waals surface area contributed by atoms with Crippen LogP contribution in [0.5, 0.6) is 0 Å². The van der Waals surface area contributed by atoms with E-state index in [1.165, 1.54) is 17.7 Å². The van der Waals surface area contributed by atoms with E-state index in [0.717, 1.165) is 29.7 Å². The van der Waals surface area contributed by atoms with Crippen molar-refractivity contribution < 1.29 is 13.9 Å². The number of thiophene rings is 1. The lowest BCUT2D eigenvalue weighted by Crippen LogP contribution is -2.41. The molecule has 3 aromatic rings. The number of nitrogens with one attached hydrogen (secondary N) is 1. The van der Waals surface area contributed by atoms with Crippen molar-refractivity contribution in [3.63, 3.8) is 0 Å². The first-order valence-electron chi connectivity index (χ1n) is 8.75. The van der Waals surface area contributed by atoms with Gasteiger partial charge in [-0.05, 0) is 36.3 Å². The number of nitrogens with zero attached hydrogens (tertiary/aromatic N) is 1. The quantitative estimate of drug-likeness (QED) is 0.706. The van der Waals surface area contributed by atoms with Crippen LogP contribution in [-0.2, 0) is 11.3 Å². The standard InChI is InChI=1S/C20H20N2O3S/c23-20(18-19(25-13-21-18)17-10-5-11-26-17)22-15-8-4-9-16(15)24-12-14-6-2-1-3-7-14/h1-3,5-7,10-11,13,15-16H,4,8-9,12H2,(H,22,23)/t15-,16-/m1/s1. The minimum Gasteiger partial charge on any atom is -0.442 e. The largest absolute Gasteiger partial charge is 0.442 e. The van der Waals surface area contributed by atoms with E-state index in [-0.39, 0.29) is 18.1 Å². The number of hydrogen-bond acceptors (Lipinski definition) is 5. The van der Waals surface area contributed by atoms with Gasteiger partial charge in [0.1, 0.15) is 0 Å². The van der Waals surface area contributed by atoms with Crippen LogP contribution in [0.3, 0.4) is 0 Å². The molecular formula is C20H20N2O3S. The van der Waals surface area contributed by atoms with Gasteiger partial charge in [0.25, 0.3) is 5.91 Å². The molecule has 26 heavy (non-hydrogen) atoms. The summed E-state index contributed by atoms with van der Waals surface area (Å²) in [5, 5.41) is 5.04. The molecule has 134 valence electrons. The molecule has 5 nitrogen and oxygen atoms in total. The van der Waals surface area contributed by atoms with Crippen molar-refractivity contribution in [3.05, 3.63) is 65.5 Å². The Bertz CT molecular complexity index is 845. The van der Waals surface area contributed by atoms with Crippen LogP contribution in [0, 0.1) is 0 Å². The van der Waals surface area contributed by atoms with Crippen LogP contribution >= 0.6 is 11.3 Å². The van der Waals surface area contributed by atoms with Gasteiger partial charge in [0, 0.05) is 0 Å². The summed E-state index contributed by atoms with van der Waals surface area (Å²) in [7, 11) is 0. The van der Waals surface area contributed by atoms with Crippen LogP contribution in [0.15, 0.2) is 58.7 Å². The Morgan fingerprint density at radius 3 is 2.92 bits per heavy atom. The molecule has 4 rings (SSSR count). The summed E-state index contributed by atoms with van der Waals surface area (Å²) in [5.74, 6) is 0.319. The smallest absolute Gasteiger partial charge is 0.274 e. The van der Waals surface area contributed by atoms with Gasteiger partial charge in [0.05, 0.1) is 23.6 Å². The zero-order valence-corrected chi connectivity index (χ0v) is 15.1. The van der Waals surface area contributed by atoms with Crippen LogP contribution in [-0.4, -0.2) is 23.0 Å². The van der Waals surface area contributed by atoms with Crippen molar-refractivity contribution in [2.24, 2.45) is 0 Å². The minimum atomic E-state index is -0.206. The van der Waals surface area contributed by atoms with Crippen molar-refractivity contribution in [1.82, 2.24) is 10.3 Å². The lowest BCUT2D eigenvalue weighted by Gasteiger charge is -2.21. The highest BCUT2D eigenvalue weighted by Gasteiger charge is 2.31. The number of carbonyl (C=O) groups is 1. The molecule has 1 fully saturated rings. The molecule has 1 saturated carbocycles. The number of ether oxygens (including phenoxy) is 1. The highest BCUT2D eigenvalue weighted by Crippen LogP contribution is 2.28. The van der Waals surface area contributed by atoms with Crippen molar-refractivity contribution >= 4 is 17.2 Å². The summed E-state index contributed by atoms with van der Waals surface area (Å²) in [5.41, 5.74) is 1.47. The Hall–Kier alpha value is -2.44. The average molecular weight is 368 g/mol. The molecule has 1 aromatic carbocycles. The van der Waals surface area contributed by atoms with Gasteiger partial charge in [-0.3, -0.25) is 4.79 Å². The number of carbonyl (C=O) groups excluding carboxylic acids is 1. The summed E-state index contributed by atoms with van der Waals surface area (Å²) in [6, 6.07) is 13.9. The second-order valence-corrected chi connectivity index (χ2v) is 7.30. The monoisotopic (exact) mass is 368 g/mol. The number of hydrogen-bond donors (Lipinski definition) is 1. The third kappa shape index (κ3) is 3.71. The van der Waals surface area contributed by atoms with Gasteiger partial charge in [0.15, 0.2) is 17.8 Å². The fourth-order valence-corrected chi connectivity index (χ4v) is 4.01. The van der Waals surface area contributed by atoms with Gasteiger partial charge in [-0.25, -0.2) is 4.98 Å². The Morgan fingerprint density at radius 1 is 1.23 bits per heavy atom. The third-order valence-corrected chi connectivity index (χ3v) is 5.47. The lowest BCUT2D eigenvalue weighted by molar-refractivity contribution is 0.0271. The Labute approximate surface area is 156 Å². The topological polar surface area (TPSA) is 64.4 Å². The van der Waals surface area contributed by atoms with Crippen molar-refractivity contribution in [1.29, 1.82) is 0 Å². The first-order valence-corrected chi connectivity index (χ1v) is 9.63. The molecule has 2 atom stereocenters. The highest BCUT2D eigenvalue weighted by molar-refractivity contribution is 7.13. The molecule has 1 aliphatic carbocycles. The van der Waals surface area contributed by atoms with E-state index in [2.05, 4.69) is 10.3 Å². The number of amides is 1. The van der Waals surface area contributed by atoms with E-state index in [1.54, 1.807) is 0 Å².